The number of carbonyl (C=O) groups excluding carboxylic acids is 1. The number of sulfonamides is 2. The Morgan fingerprint density at radius 3 is 2.23 bits per heavy atom. The van der Waals surface area contributed by atoms with Gasteiger partial charge in [0.05, 0.1) is 16.8 Å². The maximum atomic E-state index is 13.0. The second-order valence-corrected chi connectivity index (χ2v) is 11.7. The van der Waals surface area contributed by atoms with Gasteiger partial charge in [0.25, 0.3) is 10.0 Å². The lowest BCUT2D eigenvalue weighted by atomic mass is 10.1. The molecule has 3 aromatic rings. The molecule has 10 nitrogen and oxygen atoms in total. The molecular weight excluding hydrogens is 490 g/mol. The summed E-state index contributed by atoms with van der Waals surface area (Å²) >= 11 is 0. The SMILES string of the molecule is Cc1ccc(C)c(N(C(C)C(=O)Nc2ccc(S(=O)(=O)Nc3nccc(C)n3)cc2)S(C)(=O)=O)c1. The average molecular weight is 518 g/mol. The summed E-state index contributed by atoms with van der Waals surface area (Å²) in [6.07, 6.45) is 2.49. The van der Waals surface area contributed by atoms with Crippen LogP contribution in [0, 0.1) is 20.8 Å². The predicted octanol–water partition coefficient (Wildman–Crippen LogP) is 3.00. The number of benzene rings is 2. The fourth-order valence-electron chi connectivity index (χ4n) is 3.38. The molecule has 0 aliphatic heterocycles. The Balaban J connectivity index is 1.79. The van der Waals surface area contributed by atoms with E-state index in [4.69, 9.17) is 0 Å². The Labute approximate surface area is 205 Å². The molecule has 1 amide bonds. The van der Waals surface area contributed by atoms with E-state index in [1.165, 1.54) is 37.4 Å². The van der Waals surface area contributed by atoms with Crippen LogP contribution in [0.25, 0.3) is 0 Å². The number of amides is 1. The second-order valence-electron chi connectivity index (χ2n) is 8.17. The van der Waals surface area contributed by atoms with Crippen molar-refractivity contribution in [3.8, 4) is 0 Å². The zero-order valence-corrected chi connectivity index (χ0v) is 21.6. The fraction of sp³-hybridized carbons (Fsp3) is 0.261. The molecule has 0 aliphatic carbocycles. The van der Waals surface area contributed by atoms with Crippen LogP contribution in [0.3, 0.4) is 0 Å². The van der Waals surface area contributed by atoms with Crippen LogP contribution < -0.4 is 14.3 Å². The highest BCUT2D eigenvalue weighted by atomic mass is 32.2. The Morgan fingerprint density at radius 2 is 1.63 bits per heavy atom. The van der Waals surface area contributed by atoms with E-state index in [0.717, 1.165) is 16.1 Å². The van der Waals surface area contributed by atoms with Gasteiger partial charge in [0.15, 0.2) is 0 Å². The molecule has 0 aliphatic rings. The first-order valence-corrected chi connectivity index (χ1v) is 13.9. The molecule has 12 heteroatoms. The molecule has 0 fully saturated rings. The summed E-state index contributed by atoms with van der Waals surface area (Å²) < 4.78 is 53.8. The molecular formula is C23H27N5O5S2. The second kappa shape index (κ2) is 10.0. The van der Waals surface area contributed by atoms with Crippen molar-refractivity contribution in [1.82, 2.24) is 9.97 Å². The summed E-state index contributed by atoms with van der Waals surface area (Å²) in [5.74, 6) is -0.623. The van der Waals surface area contributed by atoms with Gasteiger partial charge in [0.2, 0.25) is 21.9 Å². The van der Waals surface area contributed by atoms with Gasteiger partial charge in [-0.2, -0.15) is 0 Å². The largest absolute Gasteiger partial charge is 0.324 e. The molecule has 1 atom stereocenters. The van der Waals surface area contributed by atoms with Gasteiger partial charge in [0.1, 0.15) is 6.04 Å². The summed E-state index contributed by atoms with van der Waals surface area (Å²) in [6, 6.07) is 11.4. The highest BCUT2D eigenvalue weighted by molar-refractivity contribution is 7.92. The summed E-state index contributed by atoms with van der Waals surface area (Å²) in [5.41, 5.74) is 2.89. The first-order chi connectivity index (χ1) is 16.3. The summed E-state index contributed by atoms with van der Waals surface area (Å²) in [7, 11) is -7.72. The first kappa shape index (κ1) is 26.1. The Hall–Kier alpha value is -3.51. The minimum atomic E-state index is -3.94. The van der Waals surface area contributed by atoms with Crippen LogP contribution in [0.5, 0.6) is 0 Å². The quantitative estimate of drug-likeness (QED) is 0.468. The van der Waals surface area contributed by atoms with Crippen molar-refractivity contribution < 1.29 is 21.6 Å². The number of hydrogen-bond donors (Lipinski definition) is 2. The van der Waals surface area contributed by atoms with E-state index in [2.05, 4.69) is 20.0 Å². The van der Waals surface area contributed by atoms with Crippen molar-refractivity contribution in [2.45, 2.75) is 38.6 Å². The third-order valence-electron chi connectivity index (χ3n) is 5.14. The van der Waals surface area contributed by atoms with Crippen LogP contribution in [-0.4, -0.2) is 45.0 Å². The van der Waals surface area contributed by atoms with Crippen LogP contribution in [-0.2, 0) is 24.8 Å². The monoisotopic (exact) mass is 517 g/mol. The number of nitrogens with zero attached hydrogens (tertiary/aromatic N) is 3. The lowest BCUT2D eigenvalue weighted by Crippen LogP contribution is -2.45. The van der Waals surface area contributed by atoms with Crippen LogP contribution in [0.1, 0.15) is 23.7 Å². The van der Waals surface area contributed by atoms with Crippen molar-refractivity contribution in [3.63, 3.8) is 0 Å². The van der Waals surface area contributed by atoms with E-state index in [1.807, 2.05) is 13.0 Å². The number of anilines is 3. The topological polar surface area (TPSA) is 138 Å². The Kier molecular flexibility index (Phi) is 7.46. The molecule has 186 valence electrons. The standard InChI is InChI=1S/C23H27N5O5S2/c1-15-6-7-16(2)21(14-15)28(34(5,30)31)18(4)22(29)26-19-8-10-20(11-9-19)35(32,33)27-23-24-13-12-17(3)25-23/h6-14,18H,1-5H3,(H,26,29)(H,24,25,27). The van der Waals surface area contributed by atoms with Gasteiger partial charge in [-0.25, -0.2) is 31.5 Å². The van der Waals surface area contributed by atoms with Crippen molar-refractivity contribution >= 4 is 43.3 Å². The van der Waals surface area contributed by atoms with Crippen LogP contribution >= 0.6 is 0 Å². The number of carbonyl (C=O) groups is 1. The van der Waals surface area contributed by atoms with Crippen LogP contribution in [0.15, 0.2) is 59.6 Å². The summed E-state index contributed by atoms with van der Waals surface area (Å²) in [4.78, 5) is 20.8. The smallest absolute Gasteiger partial charge is 0.264 e. The minimum absolute atomic E-state index is 0.0523. The molecule has 3 rings (SSSR count). The molecule has 0 bridgehead atoms. The number of aryl methyl sites for hydroxylation is 3. The first-order valence-electron chi connectivity index (χ1n) is 10.6. The lowest BCUT2D eigenvalue weighted by molar-refractivity contribution is -0.116. The molecule has 1 unspecified atom stereocenters. The minimum Gasteiger partial charge on any atom is -0.324 e. The molecule has 0 radical (unpaired) electrons. The molecule has 2 aromatic carbocycles. The van der Waals surface area contributed by atoms with E-state index < -0.39 is 32.0 Å². The third kappa shape index (κ3) is 6.34. The Bertz CT molecular complexity index is 1460. The van der Waals surface area contributed by atoms with Crippen molar-refractivity contribution in [1.29, 1.82) is 0 Å². The van der Waals surface area contributed by atoms with Crippen molar-refractivity contribution in [3.05, 3.63) is 71.5 Å². The predicted molar refractivity (Wildman–Crippen MR) is 135 cm³/mol. The van der Waals surface area contributed by atoms with Gasteiger partial charge in [0, 0.05) is 17.6 Å². The molecule has 35 heavy (non-hydrogen) atoms. The number of rotatable bonds is 8. The van der Waals surface area contributed by atoms with Gasteiger partial charge in [-0.15, -0.1) is 0 Å². The van der Waals surface area contributed by atoms with Gasteiger partial charge in [-0.3, -0.25) is 9.10 Å². The van der Waals surface area contributed by atoms with Crippen molar-refractivity contribution in [2.75, 3.05) is 20.6 Å². The van der Waals surface area contributed by atoms with E-state index in [-0.39, 0.29) is 10.8 Å². The van der Waals surface area contributed by atoms with Gasteiger partial charge in [-0.05, 0) is 75.2 Å². The molecule has 0 saturated heterocycles. The molecule has 0 spiro atoms. The highest BCUT2D eigenvalue weighted by Gasteiger charge is 2.30. The molecule has 0 saturated carbocycles. The van der Waals surface area contributed by atoms with Crippen molar-refractivity contribution in [2.24, 2.45) is 0 Å². The maximum absolute atomic E-state index is 13.0. The molecule has 1 heterocycles. The van der Waals surface area contributed by atoms with E-state index >= 15 is 0 Å². The van der Waals surface area contributed by atoms with Gasteiger partial charge in [-0.1, -0.05) is 12.1 Å². The van der Waals surface area contributed by atoms with E-state index in [9.17, 15) is 21.6 Å². The maximum Gasteiger partial charge on any atom is 0.264 e. The van der Waals surface area contributed by atoms with Gasteiger partial charge >= 0.3 is 0 Å². The fourth-order valence-corrected chi connectivity index (χ4v) is 5.55. The van der Waals surface area contributed by atoms with E-state index in [1.54, 1.807) is 32.0 Å². The van der Waals surface area contributed by atoms with Crippen LogP contribution in [0.2, 0.25) is 0 Å². The molecule has 1 aromatic heterocycles. The highest BCUT2D eigenvalue weighted by Crippen LogP contribution is 2.27. The number of aromatic nitrogens is 2. The number of nitrogens with one attached hydrogen (secondary N) is 2. The average Bonchev–Trinajstić information content (AvgIpc) is 2.75. The lowest BCUT2D eigenvalue weighted by Gasteiger charge is -2.29. The zero-order valence-electron chi connectivity index (χ0n) is 20.0. The Morgan fingerprint density at radius 1 is 0.971 bits per heavy atom. The summed E-state index contributed by atoms with van der Waals surface area (Å²) in [5, 5.41) is 2.65. The molecule has 2 N–H and O–H groups in total. The normalized spacial score (nSPS) is 12.6. The van der Waals surface area contributed by atoms with E-state index in [0.29, 0.717) is 22.6 Å². The van der Waals surface area contributed by atoms with Crippen LogP contribution in [0.4, 0.5) is 17.3 Å². The summed E-state index contributed by atoms with van der Waals surface area (Å²) in [6.45, 7) is 6.81. The van der Waals surface area contributed by atoms with Gasteiger partial charge < -0.3 is 5.32 Å². The number of hydrogen-bond acceptors (Lipinski definition) is 7. The zero-order chi connectivity index (χ0) is 26.0. The third-order valence-corrected chi connectivity index (χ3v) is 7.71.